The minimum absolute atomic E-state index is 0.104. The minimum Gasteiger partial charge on any atom is -0.462 e. The van der Waals surface area contributed by atoms with Gasteiger partial charge in [0.15, 0.2) is 6.10 Å². The fourth-order valence-electron chi connectivity index (χ4n) is 7.73. The summed E-state index contributed by atoms with van der Waals surface area (Å²) in [6, 6.07) is 0. The van der Waals surface area contributed by atoms with E-state index in [0.29, 0.717) is 19.3 Å². The van der Waals surface area contributed by atoms with Gasteiger partial charge in [-0.3, -0.25) is 14.4 Å². The Labute approximate surface area is 426 Å². The number of hydrogen-bond acceptors (Lipinski definition) is 6. The van der Waals surface area contributed by atoms with Crippen LogP contribution in [0.4, 0.5) is 0 Å². The van der Waals surface area contributed by atoms with Gasteiger partial charge >= 0.3 is 17.9 Å². The molecule has 0 heterocycles. The summed E-state index contributed by atoms with van der Waals surface area (Å²) in [5.41, 5.74) is 0. The molecule has 0 aliphatic heterocycles. The van der Waals surface area contributed by atoms with Crippen molar-refractivity contribution in [1.82, 2.24) is 0 Å². The Morgan fingerprint density at radius 2 is 0.565 bits per heavy atom. The Morgan fingerprint density at radius 3 is 0.957 bits per heavy atom. The van der Waals surface area contributed by atoms with Crippen LogP contribution in [0.15, 0.2) is 97.2 Å². The molecule has 0 saturated heterocycles. The van der Waals surface area contributed by atoms with Gasteiger partial charge in [-0.2, -0.15) is 0 Å². The minimum atomic E-state index is -0.806. The van der Waals surface area contributed by atoms with E-state index < -0.39 is 6.10 Å². The predicted molar refractivity (Wildman–Crippen MR) is 297 cm³/mol. The molecule has 0 amide bonds. The monoisotopic (exact) mass is 959 g/mol. The first kappa shape index (κ1) is 65.3. The van der Waals surface area contributed by atoms with E-state index in [1.54, 1.807) is 0 Å². The second-order valence-corrected chi connectivity index (χ2v) is 18.8. The number of ether oxygens (including phenoxy) is 3. The summed E-state index contributed by atoms with van der Waals surface area (Å²) in [4.78, 5) is 38.1. The molecule has 0 N–H and O–H groups in total. The van der Waals surface area contributed by atoms with Crippen molar-refractivity contribution in [2.24, 2.45) is 0 Å². The zero-order valence-electron chi connectivity index (χ0n) is 45.0. The summed E-state index contributed by atoms with van der Waals surface area (Å²) in [6.45, 7) is 6.45. The van der Waals surface area contributed by atoms with Gasteiger partial charge in [0.1, 0.15) is 13.2 Å². The van der Waals surface area contributed by atoms with Crippen molar-refractivity contribution in [1.29, 1.82) is 0 Å². The van der Waals surface area contributed by atoms with Crippen LogP contribution < -0.4 is 0 Å². The molecule has 6 nitrogen and oxygen atoms in total. The first-order valence-corrected chi connectivity index (χ1v) is 28.7. The largest absolute Gasteiger partial charge is 0.462 e. The van der Waals surface area contributed by atoms with Crippen molar-refractivity contribution in [2.45, 2.75) is 271 Å². The molecule has 0 aromatic rings. The number of rotatable bonds is 51. The van der Waals surface area contributed by atoms with Crippen molar-refractivity contribution in [3.05, 3.63) is 97.2 Å². The summed E-state index contributed by atoms with van der Waals surface area (Å²) in [7, 11) is 0. The van der Waals surface area contributed by atoms with E-state index in [1.165, 1.54) is 116 Å². The topological polar surface area (TPSA) is 78.9 Å². The lowest BCUT2D eigenvalue weighted by atomic mass is 10.1. The highest BCUT2D eigenvalue weighted by Crippen LogP contribution is 2.14. The Kier molecular flexibility index (Phi) is 53.9. The lowest BCUT2D eigenvalue weighted by molar-refractivity contribution is -0.167. The maximum absolute atomic E-state index is 12.9. The van der Waals surface area contributed by atoms with E-state index in [2.05, 4.69) is 118 Å². The second-order valence-electron chi connectivity index (χ2n) is 18.8. The molecule has 0 unspecified atom stereocenters. The fraction of sp³-hybridized carbons (Fsp3) is 0.698. The molecule has 0 aromatic carbocycles. The predicted octanol–water partition coefficient (Wildman–Crippen LogP) is 19.3. The molecule has 0 aromatic heterocycles. The van der Waals surface area contributed by atoms with Gasteiger partial charge in [0.2, 0.25) is 0 Å². The summed E-state index contributed by atoms with van der Waals surface area (Å²) in [5, 5.41) is 0. The van der Waals surface area contributed by atoms with E-state index in [-0.39, 0.29) is 31.1 Å². The standard InChI is InChI=1S/C63H106O6/c1-4-7-10-13-16-19-22-25-28-30-31-33-36-39-42-45-48-51-54-57-63(66)69-60(58-67-61(64)55-52-49-46-43-40-37-34-27-24-21-18-15-12-9-6-3)59-68-62(65)56-53-50-47-44-41-38-35-32-29-26-23-20-17-14-11-8-5-2/h8,11,17-18,20-21,25-29,34-35,38,40,43,60H,4-7,9-10,12-16,19,22-24,30-33,36-37,39,41-42,44-59H2,1-3H3/b11-8-,20-17-,21-18-,28-25-,29-26-,34-27-,38-35-,43-40-/t60-/m0/s1. The van der Waals surface area contributed by atoms with E-state index >= 15 is 0 Å². The van der Waals surface area contributed by atoms with Crippen molar-refractivity contribution in [3.8, 4) is 0 Å². The summed E-state index contributed by atoms with van der Waals surface area (Å²) < 4.78 is 16.8. The van der Waals surface area contributed by atoms with Crippen LogP contribution in [0.2, 0.25) is 0 Å². The number of hydrogen-bond donors (Lipinski definition) is 0. The molecule has 0 radical (unpaired) electrons. The third-order valence-corrected chi connectivity index (χ3v) is 12.0. The number of unbranched alkanes of at least 4 members (excludes halogenated alkanes) is 24. The molecule has 0 aliphatic carbocycles. The van der Waals surface area contributed by atoms with Gasteiger partial charge in [-0.05, 0) is 122 Å². The third-order valence-electron chi connectivity index (χ3n) is 12.0. The van der Waals surface area contributed by atoms with Gasteiger partial charge < -0.3 is 14.2 Å². The van der Waals surface area contributed by atoms with E-state index in [0.717, 1.165) is 109 Å². The van der Waals surface area contributed by atoms with Gasteiger partial charge in [0.05, 0.1) is 0 Å². The molecular formula is C63H106O6. The average Bonchev–Trinajstić information content (AvgIpc) is 3.35. The zero-order valence-corrected chi connectivity index (χ0v) is 45.0. The molecule has 0 rings (SSSR count). The summed E-state index contributed by atoms with van der Waals surface area (Å²) >= 11 is 0. The molecule has 0 aliphatic rings. The van der Waals surface area contributed by atoms with E-state index in [9.17, 15) is 14.4 Å². The SMILES string of the molecule is CC/C=C\C/C=C\C/C=C\C/C=C\CCCCCCC(=O)OC[C@H](COC(=O)CCCC/C=C\C/C=C\C/C=C\CCCCC)OC(=O)CCCCCCCCCCC/C=C\CCCCCCCC. The fourth-order valence-corrected chi connectivity index (χ4v) is 7.73. The molecular weight excluding hydrogens is 853 g/mol. The maximum atomic E-state index is 12.9. The Balaban J connectivity index is 4.48. The molecule has 0 saturated carbocycles. The first-order valence-electron chi connectivity index (χ1n) is 28.7. The molecule has 0 bridgehead atoms. The van der Waals surface area contributed by atoms with Crippen LogP contribution in [0.5, 0.6) is 0 Å². The average molecular weight is 960 g/mol. The molecule has 1 atom stereocenters. The maximum Gasteiger partial charge on any atom is 0.306 e. The van der Waals surface area contributed by atoms with Crippen LogP contribution in [0.3, 0.4) is 0 Å². The van der Waals surface area contributed by atoms with Gasteiger partial charge in [-0.1, -0.05) is 221 Å². The van der Waals surface area contributed by atoms with Crippen molar-refractivity contribution < 1.29 is 28.6 Å². The van der Waals surface area contributed by atoms with Gasteiger partial charge in [0, 0.05) is 19.3 Å². The molecule has 6 heteroatoms. The van der Waals surface area contributed by atoms with Crippen LogP contribution in [0.1, 0.15) is 265 Å². The second kappa shape index (κ2) is 56.9. The highest BCUT2D eigenvalue weighted by molar-refractivity contribution is 5.71. The smallest absolute Gasteiger partial charge is 0.306 e. The normalized spacial score (nSPS) is 12.8. The number of carbonyl (C=O) groups is 3. The highest BCUT2D eigenvalue weighted by Gasteiger charge is 2.19. The van der Waals surface area contributed by atoms with Crippen molar-refractivity contribution >= 4 is 17.9 Å². The zero-order chi connectivity index (χ0) is 50.0. The third kappa shape index (κ3) is 55.1. The van der Waals surface area contributed by atoms with Crippen LogP contribution in [0.25, 0.3) is 0 Å². The summed E-state index contributed by atoms with van der Waals surface area (Å²) in [5.74, 6) is -0.963. The van der Waals surface area contributed by atoms with Crippen LogP contribution in [-0.2, 0) is 28.6 Å². The van der Waals surface area contributed by atoms with E-state index in [4.69, 9.17) is 14.2 Å². The molecule has 0 spiro atoms. The Bertz CT molecular complexity index is 1380. The first-order chi connectivity index (χ1) is 34.0. The Morgan fingerprint density at radius 1 is 0.304 bits per heavy atom. The van der Waals surface area contributed by atoms with Gasteiger partial charge in [-0.25, -0.2) is 0 Å². The van der Waals surface area contributed by atoms with Crippen molar-refractivity contribution in [3.63, 3.8) is 0 Å². The highest BCUT2D eigenvalue weighted by atomic mass is 16.6. The van der Waals surface area contributed by atoms with Crippen molar-refractivity contribution in [2.75, 3.05) is 13.2 Å². The number of allylic oxidation sites excluding steroid dienone is 16. The number of esters is 3. The quantitative estimate of drug-likeness (QED) is 0.0262. The Hall–Kier alpha value is -3.67. The molecule has 0 fully saturated rings. The number of carbonyl (C=O) groups excluding carboxylic acids is 3. The van der Waals surface area contributed by atoms with Crippen LogP contribution in [0, 0.1) is 0 Å². The van der Waals surface area contributed by atoms with Gasteiger partial charge in [0.25, 0.3) is 0 Å². The van der Waals surface area contributed by atoms with E-state index in [1.807, 2.05) is 0 Å². The summed E-state index contributed by atoms with van der Waals surface area (Å²) in [6.07, 6.45) is 75.4. The lowest BCUT2D eigenvalue weighted by Gasteiger charge is -2.18. The van der Waals surface area contributed by atoms with Crippen LogP contribution >= 0.6 is 0 Å². The lowest BCUT2D eigenvalue weighted by Crippen LogP contribution is -2.30. The molecule has 69 heavy (non-hydrogen) atoms. The van der Waals surface area contributed by atoms with Gasteiger partial charge in [-0.15, -0.1) is 0 Å². The molecule has 394 valence electrons. The van der Waals surface area contributed by atoms with Crippen LogP contribution in [-0.4, -0.2) is 37.2 Å².